The van der Waals surface area contributed by atoms with Crippen molar-refractivity contribution in [2.45, 2.75) is 6.42 Å². The number of carboxylic acids is 1. The Hall–Kier alpha value is -2.22. The molecular weight excluding hydrogens is 362 g/mol. The minimum absolute atomic E-state index is 0.0995. The minimum atomic E-state index is -1.43. The van der Waals surface area contributed by atoms with Crippen LogP contribution in [0.4, 0.5) is 14.5 Å². The zero-order chi connectivity index (χ0) is 16.4. The summed E-state index contributed by atoms with van der Waals surface area (Å²) in [6, 6.07) is 4.00. The number of nitrogens with zero attached hydrogens (tertiary/aromatic N) is 1. The fourth-order valence-electron chi connectivity index (χ4n) is 1.85. The first-order valence-corrected chi connectivity index (χ1v) is 6.90. The van der Waals surface area contributed by atoms with E-state index in [1.165, 1.54) is 19.2 Å². The summed E-state index contributed by atoms with van der Waals surface area (Å²) in [7, 11) is 1.32. The van der Waals surface area contributed by atoms with Gasteiger partial charge >= 0.3 is 5.97 Å². The highest BCUT2D eigenvalue weighted by molar-refractivity contribution is 9.10. The number of rotatable bonds is 3. The summed E-state index contributed by atoms with van der Waals surface area (Å²) in [5.74, 6) is -3.70. The molecule has 1 aromatic carbocycles. The normalized spacial score (nSPS) is 15.5. The molecule has 0 aromatic heterocycles. The van der Waals surface area contributed by atoms with Crippen molar-refractivity contribution in [2.24, 2.45) is 0 Å². The van der Waals surface area contributed by atoms with Crippen molar-refractivity contribution in [1.82, 2.24) is 4.90 Å². The van der Waals surface area contributed by atoms with Gasteiger partial charge in [0.15, 0.2) is 0 Å². The lowest BCUT2D eigenvalue weighted by molar-refractivity contribution is -0.132. The van der Waals surface area contributed by atoms with Crippen LogP contribution >= 0.6 is 15.9 Å². The number of anilines is 1. The van der Waals surface area contributed by atoms with Gasteiger partial charge in [-0.1, -0.05) is 15.9 Å². The molecule has 1 aliphatic rings. The molecule has 0 radical (unpaired) electrons. The van der Waals surface area contributed by atoms with Crippen LogP contribution in [0.15, 0.2) is 46.0 Å². The average Bonchev–Trinajstić information content (AvgIpc) is 2.53. The van der Waals surface area contributed by atoms with Crippen LogP contribution < -0.4 is 5.32 Å². The predicted octanol–water partition coefficient (Wildman–Crippen LogP) is 3.01. The van der Waals surface area contributed by atoms with Crippen LogP contribution in [0.5, 0.6) is 0 Å². The average molecular weight is 373 g/mol. The van der Waals surface area contributed by atoms with Gasteiger partial charge in [0.25, 0.3) is 0 Å². The van der Waals surface area contributed by atoms with Crippen LogP contribution in [-0.2, 0) is 9.59 Å². The molecule has 1 aromatic rings. The van der Waals surface area contributed by atoms with E-state index in [2.05, 4.69) is 21.2 Å². The van der Waals surface area contributed by atoms with Crippen molar-refractivity contribution < 1.29 is 23.5 Å². The Labute approximate surface area is 133 Å². The highest BCUT2D eigenvalue weighted by atomic mass is 79.9. The van der Waals surface area contributed by atoms with Crippen LogP contribution in [0.3, 0.4) is 0 Å². The molecule has 2 rings (SSSR count). The van der Waals surface area contributed by atoms with E-state index in [-0.39, 0.29) is 5.69 Å². The summed E-state index contributed by atoms with van der Waals surface area (Å²) in [4.78, 5) is 23.9. The molecule has 2 N–H and O–H groups in total. The molecule has 1 aliphatic heterocycles. The smallest absolute Gasteiger partial charge is 0.339 e. The first-order chi connectivity index (χ1) is 10.3. The number of carbonyl (C=O) groups excluding carboxylic acids is 1. The third kappa shape index (κ3) is 3.33. The van der Waals surface area contributed by atoms with Crippen molar-refractivity contribution in [3.05, 3.63) is 51.8 Å². The van der Waals surface area contributed by atoms with Crippen LogP contribution in [0, 0.1) is 5.82 Å². The van der Waals surface area contributed by atoms with E-state index in [1.54, 1.807) is 0 Å². The molecule has 8 heteroatoms. The molecule has 0 spiro atoms. The highest BCUT2D eigenvalue weighted by Gasteiger charge is 2.26. The number of hydrogen-bond donors (Lipinski definition) is 2. The van der Waals surface area contributed by atoms with Crippen molar-refractivity contribution in [3.63, 3.8) is 0 Å². The first kappa shape index (κ1) is 16.2. The Bertz CT molecular complexity index is 716. The second-order valence-corrected chi connectivity index (χ2v) is 5.47. The Balaban J connectivity index is 2.48. The lowest BCUT2D eigenvalue weighted by atomic mass is 10.1. The molecular formula is C14H11BrF2N2O3. The standard InChI is InChI=1S/C14H11BrF2N2O3/c1-19-6-8(14(21)22)13(10(17)5-12(19)20)18-11-3-2-7(15)4-9(11)16/h2-4,6,18H,5H2,1H3,(H,21,22). The molecule has 22 heavy (non-hydrogen) atoms. The van der Waals surface area contributed by atoms with E-state index in [4.69, 9.17) is 0 Å². The van der Waals surface area contributed by atoms with Crippen molar-refractivity contribution in [3.8, 4) is 0 Å². The van der Waals surface area contributed by atoms with Gasteiger partial charge < -0.3 is 15.3 Å². The quantitative estimate of drug-likeness (QED) is 0.855. The van der Waals surface area contributed by atoms with E-state index in [1.807, 2.05) is 0 Å². The van der Waals surface area contributed by atoms with Gasteiger partial charge in [-0.05, 0) is 18.2 Å². The summed E-state index contributed by atoms with van der Waals surface area (Å²) < 4.78 is 28.5. The maximum Gasteiger partial charge on any atom is 0.339 e. The first-order valence-electron chi connectivity index (χ1n) is 6.11. The predicted molar refractivity (Wildman–Crippen MR) is 79.0 cm³/mol. The van der Waals surface area contributed by atoms with Gasteiger partial charge in [0.2, 0.25) is 5.91 Å². The summed E-state index contributed by atoms with van der Waals surface area (Å²) in [5.41, 5.74) is -1.00. The number of hydrogen-bond acceptors (Lipinski definition) is 3. The number of carbonyl (C=O) groups is 2. The van der Waals surface area contributed by atoms with Crippen molar-refractivity contribution in [2.75, 3.05) is 12.4 Å². The molecule has 1 amide bonds. The monoisotopic (exact) mass is 372 g/mol. The second kappa shape index (κ2) is 6.27. The Morgan fingerprint density at radius 3 is 2.68 bits per heavy atom. The maximum absolute atomic E-state index is 14.2. The molecule has 0 saturated carbocycles. The number of halogens is 3. The Morgan fingerprint density at radius 2 is 2.09 bits per heavy atom. The van der Waals surface area contributed by atoms with Gasteiger partial charge in [-0.3, -0.25) is 4.79 Å². The van der Waals surface area contributed by atoms with E-state index >= 15 is 0 Å². The second-order valence-electron chi connectivity index (χ2n) is 4.56. The van der Waals surface area contributed by atoms with E-state index in [0.717, 1.165) is 17.2 Å². The molecule has 0 bridgehead atoms. The van der Waals surface area contributed by atoms with Gasteiger partial charge in [-0.2, -0.15) is 0 Å². The maximum atomic E-state index is 14.2. The number of nitrogens with one attached hydrogen (secondary N) is 1. The van der Waals surface area contributed by atoms with Crippen LogP contribution in [0.25, 0.3) is 0 Å². The van der Waals surface area contributed by atoms with Crippen molar-refractivity contribution >= 4 is 33.5 Å². The van der Waals surface area contributed by atoms with Gasteiger partial charge in [0, 0.05) is 17.7 Å². The van der Waals surface area contributed by atoms with Crippen LogP contribution in [0.2, 0.25) is 0 Å². The topological polar surface area (TPSA) is 69.6 Å². The summed E-state index contributed by atoms with van der Waals surface area (Å²) >= 11 is 3.09. The molecule has 0 unspecified atom stereocenters. The highest BCUT2D eigenvalue weighted by Crippen LogP contribution is 2.28. The molecule has 0 atom stereocenters. The third-order valence-electron chi connectivity index (χ3n) is 2.98. The summed E-state index contributed by atoms with van der Waals surface area (Å²) in [5, 5.41) is 11.6. The molecule has 1 heterocycles. The third-order valence-corrected chi connectivity index (χ3v) is 3.48. The molecule has 0 fully saturated rings. The van der Waals surface area contributed by atoms with Gasteiger partial charge in [-0.25, -0.2) is 13.6 Å². The summed E-state index contributed by atoms with van der Waals surface area (Å²) in [6.45, 7) is 0. The fourth-order valence-corrected chi connectivity index (χ4v) is 2.18. The van der Waals surface area contributed by atoms with Crippen molar-refractivity contribution in [1.29, 1.82) is 0 Å². The van der Waals surface area contributed by atoms with E-state index in [0.29, 0.717) is 4.47 Å². The number of aliphatic carboxylic acids is 1. The Kier molecular flexibility index (Phi) is 4.60. The minimum Gasteiger partial charge on any atom is -0.478 e. The Morgan fingerprint density at radius 1 is 1.41 bits per heavy atom. The SMILES string of the molecule is CN1C=C(C(=O)O)C(Nc2ccc(Br)cc2F)=C(F)CC1=O. The van der Waals surface area contributed by atoms with Crippen LogP contribution in [-0.4, -0.2) is 28.9 Å². The van der Waals surface area contributed by atoms with Gasteiger partial charge in [0.05, 0.1) is 17.8 Å². The fraction of sp³-hybridized carbons (Fsp3) is 0.143. The van der Waals surface area contributed by atoms with E-state index in [9.17, 15) is 23.5 Å². The molecule has 116 valence electrons. The van der Waals surface area contributed by atoms with Crippen LogP contribution in [0.1, 0.15) is 6.42 Å². The van der Waals surface area contributed by atoms with E-state index < -0.39 is 41.2 Å². The summed E-state index contributed by atoms with van der Waals surface area (Å²) in [6.07, 6.45) is 0.389. The zero-order valence-electron chi connectivity index (χ0n) is 11.4. The van der Waals surface area contributed by atoms with Gasteiger partial charge in [-0.15, -0.1) is 0 Å². The number of benzene rings is 1. The molecule has 5 nitrogen and oxygen atoms in total. The molecule has 0 saturated heterocycles. The van der Waals surface area contributed by atoms with Gasteiger partial charge in [0.1, 0.15) is 17.2 Å². The lowest BCUT2D eigenvalue weighted by Crippen LogP contribution is -2.20. The number of carboxylic acid groups (broad SMARTS) is 1. The zero-order valence-corrected chi connectivity index (χ0v) is 12.9. The largest absolute Gasteiger partial charge is 0.478 e. The lowest BCUT2D eigenvalue weighted by Gasteiger charge is -2.13. The molecule has 0 aliphatic carbocycles. The number of amides is 1.